The molecule has 39 heteroatoms. The van der Waals surface area contributed by atoms with Gasteiger partial charge in [0.1, 0.15) is 36.1 Å². The molecule has 1 atom stereocenters. The summed E-state index contributed by atoms with van der Waals surface area (Å²) in [4.78, 5) is 137. The number of H-pyrrole nitrogens is 3. The third kappa shape index (κ3) is 29.2. The van der Waals surface area contributed by atoms with Gasteiger partial charge in [-0.15, -0.1) is 32.9 Å². The number of fused-ring (bicyclic) bond motifs is 3. The number of anilines is 2. The van der Waals surface area contributed by atoms with Crippen molar-refractivity contribution in [2.75, 3.05) is 17.3 Å². The number of urea groups is 1. The quantitative estimate of drug-likeness (QED) is 0.0152. The maximum absolute atomic E-state index is 12.7. The highest BCUT2D eigenvalue weighted by atomic mass is 35.5. The van der Waals surface area contributed by atoms with Gasteiger partial charge in [0, 0.05) is 29.8 Å². The zero-order valence-electron chi connectivity index (χ0n) is 74.3. The lowest BCUT2D eigenvalue weighted by Crippen LogP contribution is -2.35. The molecule has 8 aromatic heterocycles. The van der Waals surface area contributed by atoms with Crippen LogP contribution in [0.5, 0.6) is 0 Å². The molecule has 4 amide bonds. The summed E-state index contributed by atoms with van der Waals surface area (Å²) in [5.41, 5.74) is 21.5. The van der Waals surface area contributed by atoms with E-state index in [0.717, 1.165) is 56.6 Å². The maximum Gasteiger partial charge on any atom is 0.334 e. The lowest BCUT2D eigenvalue weighted by Gasteiger charge is -2.19. The first-order valence-corrected chi connectivity index (χ1v) is 46.1. The summed E-state index contributed by atoms with van der Waals surface area (Å²) in [6, 6.07) is 35.5. The number of aromatic amines is 3. The fourth-order valence-electron chi connectivity index (χ4n) is 13.6. The van der Waals surface area contributed by atoms with Crippen molar-refractivity contribution in [2.24, 2.45) is 5.73 Å². The van der Waals surface area contributed by atoms with E-state index >= 15 is 0 Å². The van der Waals surface area contributed by atoms with Gasteiger partial charge in [0.15, 0.2) is 16.9 Å². The predicted molar refractivity (Wildman–Crippen MR) is 567 cm³/mol. The smallest absolute Gasteiger partial charge is 0.334 e. The Hall–Kier alpha value is -10.2. The second-order valence-corrected chi connectivity index (χ2v) is 35.3. The Morgan fingerprint density at radius 2 is 0.667 bits per heavy atom. The molecule has 0 saturated heterocycles. The fourth-order valence-corrected chi connectivity index (χ4v) is 15.5. The zero-order chi connectivity index (χ0) is 99.0. The third-order valence-electron chi connectivity index (χ3n) is 19.6. The van der Waals surface area contributed by atoms with Crippen LogP contribution in [0.1, 0.15) is 183 Å². The van der Waals surface area contributed by atoms with Crippen molar-refractivity contribution in [1.29, 1.82) is 0 Å². The van der Waals surface area contributed by atoms with E-state index in [9.17, 15) is 47.0 Å². The number of carbonyl (C=O) groups excluding carboxylic acids is 3. The van der Waals surface area contributed by atoms with Gasteiger partial charge in [0.05, 0.1) is 69.5 Å². The number of benzene rings is 5. The Kier molecular flexibility index (Phi) is 45.7. The van der Waals surface area contributed by atoms with Crippen LogP contribution in [0.2, 0.25) is 61.2 Å². The Balaban J connectivity index is 0.000000289. The van der Waals surface area contributed by atoms with Gasteiger partial charge in [-0.3, -0.25) is 44.2 Å². The van der Waals surface area contributed by atoms with Gasteiger partial charge in [-0.25, -0.2) is 57.8 Å². The van der Waals surface area contributed by atoms with Crippen molar-refractivity contribution in [3.05, 3.63) is 375 Å². The summed E-state index contributed by atoms with van der Waals surface area (Å²) < 4.78 is 14.4. The fraction of sp³-hybridized carbons (Fsp3) is 0.229. The molecule has 0 saturated carbocycles. The molecule has 714 valence electrons. The number of para-hydroxylation sites is 5. The monoisotopic (exact) mass is 2110 g/mol. The second-order valence-electron chi connectivity index (χ2n) is 30.4. The Morgan fingerprint density at radius 3 is 0.978 bits per heavy atom. The number of halogens is 13. The van der Waals surface area contributed by atoms with Crippen LogP contribution in [0, 0.1) is 0 Å². The van der Waals surface area contributed by atoms with E-state index in [4.69, 9.17) is 151 Å². The largest absolute Gasteiger partial charge is 0.398 e. The topological polar surface area (TPSA) is 356 Å². The Bertz CT molecular complexity index is 6580. The van der Waals surface area contributed by atoms with E-state index in [1.54, 1.807) is 24.3 Å². The molecule has 0 bridgehead atoms. The summed E-state index contributed by atoms with van der Waals surface area (Å²) in [6.07, 6.45) is 13.4. The van der Waals surface area contributed by atoms with Gasteiger partial charge >= 0.3 is 23.1 Å². The van der Waals surface area contributed by atoms with E-state index in [1.165, 1.54) is 61.4 Å². The van der Waals surface area contributed by atoms with Crippen LogP contribution in [0.15, 0.2) is 213 Å². The molecule has 0 aliphatic carbocycles. The van der Waals surface area contributed by atoms with Crippen LogP contribution in [-0.2, 0) is 32.1 Å². The lowest BCUT2D eigenvalue weighted by molar-refractivity contribution is 0.0964. The molecular formula is C96H99Cl12FN15O9PS. The standard InChI is InChI=1S/C19H18Cl3N3O2.3C19H17Cl2N3O2.C12H17N.C6H3Cl3N2O.CH3FS.CH4.H3P/c1-4-6-11-7-5-8-12(10(2)3)15(11)23-19(27)25-18(26)13-9-14(20)17(22)24-16(13)21;3*1-4-6-11-7-5-8-12(10(2)3)15(11)24-17-13(18(25)23-19(24)26)9-14(20)16(21)22-17;1-4-6-10-7-5-8-11(9(2)3)12(10)13;7-3-1-2(6(10)12)4(8)11-5(3)9;1-3-2;;/h4-5,7-10H,1,6H2,2-3H3,(H2,23,25,26,27);3*4-5,7-10H,1,6H2,2-3H3,(H,23,25,26);4-5,7-9H,1,6,13H2,2-3H3;1H,(H2,10,12);1H3;1H4;1H3. The Labute approximate surface area is 847 Å². The van der Waals surface area contributed by atoms with Gasteiger partial charge < -0.3 is 16.8 Å². The van der Waals surface area contributed by atoms with Gasteiger partial charge in [-0.05, 0) is 148 Å². The first kappa shape index (κ1) is 115. The van der Waals surface area contributed by atoms with E-state index < -0.39 is 51.6 Å². The predicted octanol–water partition coefficient (Wildman–Crippen LogP) is 25.7. The number of nitrogen functional groups attached to an aromatic ring is 1. The number of carbonyl (C=O) groups is 3. The van der Waals surface area contributed by atoms with Crippen LogP contribution in [0.3, 0.4) is 0 Å². The van der Waals surface area contributed by atoms with E-state index in [0.29, 0.717) is 54.4 Å². The molecule has 0 aliphatic heterocycles. The molecule has 135 heavy (non-hydrogen) atoms. The van der Waals surface area contributed by atoms with Crippen molar-refractivity contribution in [3.63, 3.8) is 0 Å². The van der Waals surface area contributed by atoms with E-state index in [-0.39, 0.29) is 159 Å². The molecule has 5 aromatic carbocycles. The van der Waals surface area contributed by atoms with Crippen LogP contribution in [-0.4, -0.2) is 77.7 Å². The zero-order valence-corrected chi connectivity index (χ0v) is 85.6. The van der Waals surface area contributed by atoms with Crippen molar-refractivity contribution >= 4 is 224 Å². The van der Waals surface area contributed by atoms with Crippen molar-refractivity contribution < 1.29 is 18.3 Å². The van der Waals surface area contributed by atoms with Crippen LogP contribution in [0.25, 0.3) is 50.2 Å². The first-order valence-electron chi connectivity index (χ1n) is 40.4. The van der Waals surface area contributed by atoms with Crippen molar-refractivity contribution in [3.8, 4) is 17.1 Å². The number of nitrogens with one attached hydrogen (secondary N) is 5. The number of nitrogens with zero attached hydrogens (tertiary/aromatic N) is 8. The minimum atomic E-state index is -0.740. The number of primary amides is 1. The normalized spacial score (nSPS) is 10.6. The van der Waals surface area contributed by atoms with Gasteiger partial charge in [0.2, 0.25) is 0 Å². The number of imide groups is 1. The second kappa shape index (κ2) is 53.5. The average molecular weight is 2110 g/mol. The van der Waals surface area contributed by atoms with Gasteiger partial charge in [-0.2, -0.15) is 13.8 Å². The Morgan fingerprint density at radius 1 is 0.407 bits per heavy atom. The van der Waals surface area contributed by atoms with Crippen molar-refractivity contribution in [1.82, 2.24) is 58.9 Å². The number of pyridine rings is 5. The lowest BCUT2D eigenvalue weighted by atomic mass is 9.96. The molecular weight excluding hydrogens is 2010 g/mol. The summed E-state index contributed by atoms with van der Waals surface area (Å²) in [6.45, 7) is 39.4. The summed E-state index contributed by atoms with van der Waals surface area (Å²) in [5, 5.41) is 6.16. The summed E-state index contributed by atoms with van der Waals surface area (Å²) in [5.74, 6) is -0.328. The number of hydrogen-bond acceptors (Lipinski definition) is 16. The van der Waals surface area contributed by atoms with Gasteiger partial charge in [0.25, 0.3) is 28.5 Å². The molecule has 0 radical (unpaired) electrons. The molecule has 13 rings (SSSR count). The molecule has 1 unspecified atom stereocenters. The van der Waals surface area contributed by atoms with E-state index in [1.807, 2.05) is 134 Å². The highest BCUT2D eigenvalue weighted by molar-refractivity contribution is 7.93. The highest BCUT2D eigenvalue weighted by Crippen LogP contribution is 2.37. The third-order valence-corrected chi connectivity index (χ3v) is 23.5. The number of hydrogen-bond donors (Lipinski definition) is 7. The minimum Gasteiger partial charge on any atom is -0.398 e. The summed E-state index contributed by atoms with van der Waals surface area (Å²) in [7, 11) is 0. The average Bonchev–Trinajstić information content (AvgIpc) is 0.756. The minimum absolute atomic E-state index is 0. The molecule has 0 aliphatic rings. The van der Waals surface area contributed by atoms with Crippen molar-refractivity contribution in [2.45, 2.75) is 138 Å². The molecule has 24 nitrogen and oxygen atoms in total. The number of nitrogens with two attached hydrogens (primary N) is 2. The number of allylic oxidation sites excluding steroid dienone is 5. The summed E-state index contributed by atoms with van der Waals surface area (Å²) >= 11 is 70.6. The molecule has 8 heterocycles. The molecule has 0 spiro atoms. The van der Waals surface area contributed by atoms with Gasteiger partial charge in [-0.1, -0.05) is 337 Å². The molecule has 0 fully saturated rings. The number of aromatic nitrogens is 11. The highest BCUT2D eigenvalue weighted by Gasteiger charge is 2.26. The molecule has 13 aromatic rings. The SMILES string of the molecule is C.C=CCc1cccc(C(C)C)c1-n1c(=O)[nH]c(=O)c2cc(Cl)c(Cl)nc21.C=CCc1cccc(C(C)C)c1-n1c(=O)[nH]c(=O)c2cc(Cl)c(Cl)nc21.C=CCc1cccc(C(C)C)c1-n1c(=O)[nH]c(=O)c2cc(Cl)c(Cl)nc21.C=CCc1cccc(C(C)C)c1N.C=CCc1cccc(C(C)C)c1NC(=O)NC(=O)c1cc(Cl)c(Cl)nc1Cl.CSF.NC(=O)c1cc(Cl)c(Cl)nc1Cl.P. The number of amides is 4. The maximum atomic E-state index is 12.7. The number of rotatable bonds is 21. The first-order chi connectivity index (χ1) is 62.9. The van der Waals surface area contributed by atoms with E-state index in [2.05, 4.69) is 115 Å². The van der Waals surface area contributed by atoms with Crippen LogP contribution in [0.4, 0.5) is 20.1 Å². The van der Waals surface area contributed by atoms with Crippen LogP contribution >= 0.6 is 161 Å². The van der Waals surface area contributed by atoms with Crippen LogP contribution < -0.4 is 55.8 Å². The molecule has 9 N–H and O–H groups in total.